The smallest absolute Gasteiger partial charge is 0.130 e. The minimum absolute atomic E-state index is 0.0748. The number of anilines is 1. The van der Waals surface area contributed by atoms with Gasteiger partial charge >= 0.3 is 0 Å². The lowest BCUT2D eigenvalue weighted by atomic mass is 9.92. The first kappa shape index (κ1) is 15.3. The lowest BCUT2D eigenvalue weighted by molar-refractivity contribution is 0.289. The molecule has 1 fully saturated rings. The van der Waals surface area contributed by atoms with Crippen molar-refractivity contribution in [1.29, 1.82) is 0 Å². The topological polar surface area (TPSA) is 49.5 Å². The van der Waals surface area contributed by atoms with Crippen LogP contribution in [0.15, 0.2) is 18.2 Å². The zero-order valence-electron chi connectivity index (χ0n) is 12.2. The van der Waals surface area contributed by atoms with Gasteiger partial charge in [-0.3, -0.25) is 0 Å². The second-order valence-corrected chi connectivity index (χ2v) is 5.67. The molecule has 20 heavy (non-hydrogen) atoms. The second kappa shape index (κ2) is 7.04. The highest BCUT2D eigenvalue weighted by molar-refractivity contribution is 5.56. The molecule has 0 amide bonds. The van der Waals surface area contributed by atoms with Crippen LogP contribution < -0.4 is 10.6 Å². The number of nitrogens with two attached hydrogens (primary N) is 1. The Morgan fingerprint density at radius 3 is 2.65 bits per heavy atom. The summed E-state index contributed by atoms with van der Waals surface area (Å²) >= 11 is 0. The number of aliphatic hydroxyl groups excluding tert-OH is 1. The first-order valence-corrected chi connectivity index (χ1v) is 7.56. The molecule has 1 aliphatic rings. The summed E-state index contributed by atoms with van der Waals surface area (Å²) in [4.78, 5) is 2.15. The number of hydrogen-bond donors (Lipinski definition) is 2. The van der Waals surface area contributed by atoms with Gasteiger partial charge in [0.25, 0.3) is 0 Å². The van der Waals surface area contributed by atoms with Gasteiger partial charge in [0.2, 0.25) is 0 Å². The summed E-state index contributed by atoms with van der Waals surface area (Å²) in [6, 6.07) is 5.14. The van der Waals surface area contributed by atoms with Crippen molar-refractivity contribution in [2.24, 2.45) is 5.73 Å². The molecule has 4 heteroatoms. The normalized spacial score (nSPS) is 18.0. The number of rotatable bonds is 5. The fourth-order valence-electron chi connectivity index (χ4n) is 3.23. The van der Waals surface area contributed by atoms with Crippen LogP contribution in [0.1, 0.15) is 50.6 Å². The summed E-state index contributed by atoms with van der Waals surface area (Å²) in [6.45, 7) is 2.42. The Balaban J connectivity index is 2.35. The molecule has 0 bridgehead atoms. The Morgan fingerprint density at radius 1 is 1.35 bits per heavy atom. The molecule has 1 aromatic carbocycles. The Bertz CT molecular complexity index is 430. The van der Waals surface area contributed by atoms with E-state index in [1.165, 1.54) is 25.3 Å². The highest BCUT2D eigenvalue weighted by Crippen LogP contribution is 2.33. The predicted molar refractivity (Wildman–Crippen MR) is 80.3 cm³/mol. The molecule has 1 atom stereocenters. The standard InChI is InChI=1S/C16H25FN2O/c1-12(18)16-14(17)8-5-9-15(16)19(10-11-20)13-6-3-2-4-7-13/h5,8-9,12-13,20H,2-4,6-7,10-11,18H2,1H3/t12-/m1/s1. The van der Waals surface area contributed by atoms with Crippen molar-refractivity contribution >= 4 is 5.69 Å². The molecule has 0 radical (unpaired) electrons. The summed E-state index contributed by atoms with van der Waals surface area (Å²) in [5, 5.41) is 9.36. The highest BCUT2D eigenvalue weighted by atomic mass is 19.1. The fourth-order valence-corrected chi connectivity index (χ4v) is 3.23. The largest absolute Gasteiger partial charge is 0.395 e. The summed E-state index contributed by atoms with van der Waals surface area (Å²) in [6.07, 6.45) is 5.89. The van der Waals surface area contributed by atoms with Crippen LogP contribution in [0.2, 0.25) is 0 Å². The van der Waals surface area contributed by atoms with Crippen molar-refractivity contribution in [3.8, 4) is 0 Å². The van der Waals surface area contributed by atoms with Gasteiger partial charge in [-0.25, -0.2) is 4.39 Å². The van der Waals surface area contributed by atoms with E-state index < -0.39 is 0 Å². The van der Waals surface area contributed by atoms with Gasteiger partial charge in [-0.15, -0.1) is 0 Å². The van der Waals surface area contributed by atoms with Crippen molar-refractivity contribution < 1.29 is 9.50 Å². The van der Waals surface area contributed by atoms with Gasteiger partial charge in [0.1, 0.15) is 5.82 Å². The minimum atomic E-state index is -0.351. The summed E-state index contributed by atoms with van der Waals surface area (Å²) in [5.41, 5.74) is 7.36. The van der Waals surface area contributed by atoms with E-state index in [9.17, 15) is 9.50 Å². The van der Waals surface area contributed by atoms with Gasteiger partial charge in [0.15, 0.2) is 0 Å². The van der Waals surface area contributed by atoms with E-state index in [1.54, 1.807) is 13.0 Å². The maximum absolute atomic E-state index is 14.1. The van der Waals surface area contributed by atoms with E-state index in [0.717, 1.165) is 18.5 Å². The molecule has 112 valence electrons. The van der Waals surface area contributed by atoms with E-state index in [-0.39, 0.29) is 18.5 Å². The first-order chi connectivity index (χ1) is 9.65. The van der Waals surface area contributed by atoms with Crippen LogP contribution in [0.5, 0.6) is 0 Å². The molecule has 3 N–H and O–H groups in total. The second-order valence-electron chi connectivity index (χ2n) is 5.67. The number of nitrogens with zero attached hydrogens (tertiary/aromatic N) is 1. The van der Waals surface area contributed by atoms with Gasteiger partial charge in [-0.2, -0.15) is 0 Å². The van der Waals surface area contributed by atoms with Crippen molar-refractivity contribution in [3.05, 3.63) is 29.6 Å². The lowest BCUT2D eigenvalue weighted by Crippen LogP contribution is -2.40. The SMILES string of the molecule is C[C@@H](N)c1c(F)cccc1N(CCO)C1CCCCC1. The van der Waals surface area contributed by atoms with Gasteiger partial charge in [-0.05, 0) is 31.9 Å². The van der Waals surface area contributed by atoms with Crippen molar-refractivity contribution in [2.75, 3.05) is 18.1 Å². The monoisotopic (exact) mass is 280 g/mol. The number of aliphatic hydroxyl groups is 1. The Kier molecular flexibility index (Phi) is 5.38. The maximum Gasteiger partial charge on any atom is 0.130 e. The van der Waals surface area contributed by atoms with Crippen LogP contribution in [-0.2, 0) is 0 Å². The predicted octanol–water partition coefficient (Wildman–Crippen LogP) is 2.98. The van der Waals surface area contributed by atoms with Crippen LogP contribution >= 0.6 is 0 Å². The number of benzene rings is 1. The Hall–Kier alpha value is -1.13. The van der Waals surface area contributed by atoms with Crippen LogP contribution in [0, 0.1) is 5.82 Å². The number of halogens is 1. The van der Waals surface area contributed by atoms with E-state index in [4.69, 9.17) is 5.73 Å². The average Bonchev–Trinajstić information content (AvgIpc) is 2.45. The Labute approximate surface area is 120 Å². The van der Waals surface area contributed by atoms with Crippen LogP contribution in [0.25, 0.3) is 0 Å². The molecule has 0 spiro atoms. The van der Waals surface area contributed by atoms with Gasteiger partial charge < -0.3 is 15.7 Å². The summed E-state index contributed by atoms with van der Waals surface area (Å²) in [5.74, 6) is -0.253. The van der Waals surface area contributed by atoms with E-state index >= 15 is 0 Å². The molecule has 0 heterocycles. The summed E-state index contributed by atoms with van der Waals surface area (Å²) in [7, 11) is 0. The highest BCUT2D eigenvalue weighted by Gasteiger charge is 2.25. The Morgan fingerprint density at radius 2 is 2.05 bits per heavy atom. The van der Waals surface area contributed by atoms with Crippen molar-refractivity contribution in [2.45, 2.75) is 51.1 Å². The quantitative estimate of drug-likeness (QED) is 0.871. The molecule has 1 aromatic rings. The molecule has 0 aliphatic heterocycles. The molecule has 0 aromatic heterocycles. The molecule has 2 rings (SSSR count). The number of hydrogen-bond acceptors (Lipinski definition) is 3. The van der Waals surface area contributed by atoms with E-state index in [1.807, 2.05) is 6.07 Å². The van der Waals surface area contributed by atoms with Crippen LogP contribution in [0.4, 0.5) is 10.1 Å². The molecule has 1 aliphatic carbocycles. The maximum atomic E-state index is 14.1. The van der Waals surface area contributed by atoms with Crippen LogP contribution in [0.3, 0.4) is 0 Å². The third-order valence-electron chi connectivity index (χ3n) is 4.15. The molecular formula is C16H25FN2O. The van der Waals surface area contributed by atoms with E-state index in [2.05, 4.69) is 4.90 Å². The molecular weight excluding hydrogens is 255 g/mol. The van der Waals surface area contributed by atoms with Crippen LogP contribution in [-0.4, -0.2) is 24.3 Å². The van der Waals surface area contributed by atoms with Crippen molar-refractivity contribution in [3.63, 3.8) is 0 Å². The van der Waals surface area contributed by atoms with E-state index in [0.29, 0.717) is 18.2 Å². The zero-order valence-corrected chi connectivity index (χ0v) is 12.2. The van der Waals surface area contributed by atoms with Gasteiger partial charge in [0, 0.05) is 29.9 Å². The third kappa shape index (κ3) is 3.30. The third-order valence-corrected chi connectivity index (χ3v) is 4.15. The fraction of sp³-hybridized carbons (Fsp3) is 0.625. The molecule has 0 saturated heterocycles. The molecule has 1 saturated carbocycles. The first-order valence-electron chi connectivity index (χ1n) is 7.56. The zero-order chi connectivity index (χ0) is 14.5. The summed E-state index contributed by atoms with van der Waals surface area (Å²) < 4.78 is 14.1. The lowest BCUT2D eigenvalue weighted by Gasteiger charge is -2.37. The average molecular weight is 280 g/mol. The molecule has 0 unspecified atom stereocenters. The molecule has 3 nitrogen and oxygen atoms in total. The van der Waals surface area contributed by atoms with Gasteiger partial charge in [0.05, 0.1) is 6.61 Å². The van der Waals surface area contributed by atoms with Crippen molar-refractivity contribution in [1.82, 2.24) is 0 Å². The van der Waals surface area contributed by atoms with Gasteiger partial charge in [-0.1, -0.05) is 25.3 Å². The minimum Gasteiger partial charge on any atom is -0.395 e.